The van der Waals surface area contributed by atoms with Gasteiger partial charge in [-0.15, -0.1) is 0 Å². The molecule has 8 heteroatoms. The molecular formula is C26H26N4O4. The molecule has 1 aliphatic rings. The van der Waals surface area contributed by atoms with Crippen LogP contribution in [0.2, 0.25) is 0 Å². The van der Waals surface area contributed by atoms with Gasteiger partial charge in [0.1, 0.15) is 6.04 Å². The molecule has 0 unspecified atom stereocenters. The molecule has 0 saturated carbocycles. The Hall–Kier alpha value is -4.33. The molecule has 174 valence electrons. The minimum absolute atomic E-state index is 0.267. The summed E-state index contributed by atoms with van der Waals surface area (Å²) in [6, 6.07) is 21.9. The molecule has 34 heavy (non-hydrogen) atoms. The monoisotopic (exact) mass is 458 g/mol. The van der Waals surface area contributed by atoms with Crippen LogP contribution in [0.25, 0.3) is 11.1 Å². The maximum Gasteiger partial charge on any atom is 0.405 e. The van der Waals surface area contributed by atoms with Gasteiger partial charge in [-0.05, 0) is 41.7 Å². The highest BCUT2D eigenvalue weighted by molar-refractivity contribution is 6.00. The first kappa shape index (κ1) is 22.8. The Morgan fingerprint density at radius 1 is 1.00 bits per heavy atom. The number of hydrogen-bond donors (Lipinski definition) is 4. The normalized spacial score (nSPS) is 15.1. The van der Waals surface area contributed by atoms with Crippen molar-refractivity contribution in [2.24, 2.45) is 0 Å². The molecule has 0 spiro atoms. The molecule has 3 aromatic rings. The molecular weight excluding hydrogens is 432 g/mol. The number of carbonyl (C=O) groups excluding carboxylic acids is 2. The summed E-state index contributed by atoms with van der Waals surface area (Å²) >= 11 is 0. The molecule has 4 N–H and O–H groups in total. The van der Waals surface area contributed by atoms with E-state index in [1.807, 2.05) is 72.8 Å². The number of para-hydroxylation sites is 2. The second-order valence-electron chi connectivity index (χ2n) is 8.04. The highest BCUT2D eigenvalue weighted by Gasteiger charge is 2.31. The van der Waals surface area contributed by atoms with E-state index in [9.17, 15) is 19.5 Å². The molecule has 4 rings (SSSR count). The van der Waals surface area contributed by atoms with Crippen molar-refractivity contribution in [2.45, 2.75) is 25.4 Å². The van der Waals surface area contributed by atoms with Gasteiger partial charge < -0.3 is 26.0 Å². The van der Waals surface area contributed by atoms with Gasteiger partial charge in [0, 0.05) is 18.3 Å². The quantitative estimate of drug-likeness (QED) is 0.459. The maximum absolute atomic E-state index is 13.3. The molecule has 1 heterocycles. The van der Waals surface area contributed by atoms with Crippen molar-refractivity contribution in [3.63, 3.8) is 0 Å². The van der Waals surface area contributed by atoms with Crippen molar-refractivity contribution in [3.8, 4) is 11.1 Å². The van der Waals surface area contributed by atoms with E-state index < -0.39 is 12.1 Å². The van der Waals surface area contributed by atoms with Crippen LogP contribution in [0.1, 0.15) is 17.5 Å². The fraction of sp³-hybridized carbons (Fsp3) is 0.192. The van der Waals surface area contributed by atoms with Gasteiger partial charge in [0.25, 0.3) is 0 Å². The van der Waals surface area contributed by atoms with E-state index in [-0.39, 0.29) is 11.9 Å². The summed E-state index contributed by atoms with van der Waals surface area (Å²) in [6.45, 7) is 0.312. The fourth-order valence-corrected chi connectivity index (χ4v) is 4.16. The number of nitrogens with one attached hydrogen (secondary N) is 3. The molecule has 1 atom stereocenters. The Bertz CT molecular complexity index is 1210. The standard InChI is InChI=1S/C26H26N4O4/c1-27-25(32)28-21-8-4-3-7-20(21)18-12-10-17(11-13-18)16-30-23-9-5-2-6-19(23)14-15-22(24(30)31)29-26(33)34/h2-13,22,29H,14-16H2,1H3,(H,33,34)(H2,27,28,32)/t22-/m1/s1. The third kappa shape index (κ3) is 5.01. The van der Waals surface area contributed by atoms with Gasteiger partial charge in [-0.3, -0.25) is 4.79 Å². The van der Waals surface area contributed by atoms with Crippen LogP contribution in [-0.4, -0.2) is 36.2 Å². The van der Waals surface area contributed by atoms with Crippen molar-refractivity contribution in [2.75, 3.05) is 17.3 Å². The Labute approximate surface area is 197 Å². The predicted octanol–water partition coefficient (Wildman–Crippen LogP) is 4.22. The van der Waals surface area contributed by atoms with Crippen LogP contribution in [-0.2, 0) is 17.8 Å². The molecule has 3 aromatic carbocycles. The van der Waals surface area contributed by atoms with Crippen molar-refractivity contribution < 1.29 is 19.5 Å². The number of nitrogens with zero attached hydrogens (tertiary/aromatic N) is 1. The molecule has 0 fully saturated rings. The average molecular weight is 459 g/mol. The van der Waals surface area contributed by atoms with E-state index in [2.05, 4.69) is 16.0 Å². The summed E-state index contributed by atoms with van der Waals surface area (Å²) in [5, 5.41) is 16.9. The first-order valence-electron chi connectivity index (χ1n) is 11.0. The number of carbonyl (C=O) groups is 3. The van der Waals surface area contributed by atoms with Crippen molar-refractivity contribution in [1.29, 1.82) is 0 Å². The number of urea groups is 1. The lowest BCUT2D eigenvalue weighted by atomic mass is 10.0. The molecule has 4 amide bonds. The Kier molecular flexibility index (Phi) is 6.77. The Balaban J connectivity index is 1.61. The first-order valence-corrected chi connectivity index (χ1v) is 11.0. The number of hydrogen-bond acceptors (Lipinski definition) is 3. The lowest BCUT2D eigenvalue weighted by molar-refractivity contribution is -0.120. The topological polar surface area (TPSA) is 111 Å². The van der Waals surface area contributed by atoms with E-state index in [0.717, 1.165) is 27.9 Å². The van der Waals surface area contributed by atoms with Crippen LogP contribution in [0.15, 0.2) is 72.8 Å². The smallest absolute Gasteiger partial charge is 0.405 e. The Morgan fingerprint density at radius 2 is 1.71 bits per heavy atom. The number of anilines is 2. The second kappa shape index (κ2) is 10.1. The van der Waals surface area contributed by atoms with Gasteiger partial charge in [-0.25, -0.2) is 9.59 Å². The number of rotatable bonds is 5. The zero-order valence-corrected chi connectivity index (χ0v) is 18.7. The lowest BCUT2D eigenvalue weighted by Gasteiger charge is -2.26. The maximum atomic E-state index is 13.3. The van der Waals surface area contributed by atoms with E-state index in [0.29, 0.717) is 25.1 Å². The van der Waals surface area contributed by atoms with E-state index >= 15 is 0 Å². The fourth-order valence-electron chi connectivity index (χ4n) is 4.16. The zero-order valence-electron chi connectivity index (χ0n) is 18.7. The molecule has 0 radical (unpaired) electrons. The summed E-state index contributed by atoms with van der Waals surface area (Å²) in [5.74, 6) is -0.267. The summed E-state index contributed by atoms with van der Waals surface area (Å²) in [5.41, 5.74) is 5.19. The molecule has 8 nitrogen and oxygen atoms in total. The van der Waals surface area contributed by atoms with Crippen molar-refractivity contribution in [1.82, 2.24) is 10.6 Å². The van der Waals surface area contributed by atoms with Crippen LogP contribution in [0.3, 0.4) is 0 Å². The van der Waals surface area contributed by atoms with Crippen LogP contribution in [0.4, 0.5) is 21.0 Å². The van der Waals surface area contributed by atoms with Crippen LogP contribution in [0.5, 0.6) is 0 Å². The summed E-state index contributed by atoms with van der Waals surface area (Å²) in [4.78, 5) is 37.9. The summed E-state index contributed by atoms with van der Waals surface area (Å²) in [7, 11) is 1.56. The average Bonchev–Trinajstić information content (AvgIpc) is 2.97. The van der Waals surface area contributed by atoms with Gasteiger partial charge in [-0.1, -0.05) is 60.7 Å². The number of amides is 4. The summed E-state index contributed by atoms with van der Waals surface area (Å²) < 4.78 is 0. The molecule has 0 aromatic heterocycles. The van der Waals surface area contributed by atoms with Gasteiger partial charge in [0.05, 0.1) is 12.2 Å². The van der Waals surface area contributed by atoms with E-state index in [4.69, 9.17) is 0 Å². The van der Waals surface area contributed by atoms with E-state index in [1.165, 1.54) is 0 Å². The van der Waals surface area contributed by atoms with Crippen molar-refractivity contribution in [3.05, 3.63) is 83.9 Å². The molecule has 1 aliphatic heterocycles. The molecule has 0 saturated heterocycles. The van der Waals surface area contributed by atoms with Crippen LogP contribution < -0.4 is 20.9 Å². The van der Waals surface area contributed by atoms with Gasteiger partial charge in [0.15, 0.2) is 0 Å². The highest BCUT2D eigenvalue weighted by Crippen LogP contribution is 2.31. The largest absolute Gasteiger partial charge is 0.465 e. The zero-order chi connectivity index (χ0) is 24.1. The number of fused-ring (bicyclic) bond motifs is 1. The number of benzene rings is 3. The summed E-state index contributed by atoms with van der Waals surface area (Å²) in [6.07, 6.45) is -0.193. The third-order valence-electron chi connectivity index (χ3n) is 5.85. The lowest BCUT2D eigenvalue weighted by Crippen LogP contribution is -2.47. The Morgan fingerprint density at radius 3 is 2.44 bits per heavy atom. The van der Waals surface area contributed by atoms with Crippen molar-refractivity contribution >= 4 is 29.4 Å². The molecule has 0 aliphatic carbocycles. The minimum Gasteiger partial charge on any atom is -0.465 e. The first-order chi connectivity index (χ1) is 16.5. The number of aryl methyl sites for hydroxylation is 1. The minimum atomic E-state index is -1.21. The SMILES string of the molecule is CNC(=O)Nc1ccccc1-c1ccc(CN2C(=O)[C@H](NC(=O)O)CCc3ccccc32)cc1. The highest BCUT2D eigenvalue weighted by atomic mass is 16.4. The van der Waals surface area contributed by atoms with Gasteiger partial charge >= 0.3 is 12.1 Å². The molecule has 0 bridgehead atoms. The van der Waals surface area contributed by atoms with E-state index in [1.54, 1.807) is 11.9 Å². The van der Waals surface area contributed by atoms with Crippen LogP contribution in [0, 0.1) is 0 Å². The predicted molar refractivity (Wildman–Crippen MR) is 131 cm³/mol. The van der Waals surface area contributed by atoms with Crippen LogP contribution >= 0.6 is 0 Å². The van der Waals surface area contributed by atoms with Gasteiger partial charge in [0.2, 0.25) is 5.91 Å². The second-order valence-corrected chi connectivity index (χ2v) is 8.04. The van der Waals surface area contributed by atoms with Gasteiger partial charge in [-0.2, -0.15) is 0 Å². The third-order valence-corrected chi connectivity index (χ3v) is 5.85. The number of carboxylic acid groups (broad SMARTS) is 1.